The Kier molecular flexibility index (Phi) is 15.2. The SMILES string of the molecule is CCN(CC)c1ccc(C(=O)c2ccccc2C(=O)O)c(O)c1.CCN(CC)c1ccc2c(c1)Oc1cc(Oc3ccccc3)ccc1C21OC(=O)c2ccccc21.Oc1cccc(Oc2ccccc2)c1. The summed E-state index contributed by atoms with van der Waals surface area (Å²) in [5, 5.41) is 28.6. The van der Waals surface area contributed by atoms with Crippen LogP contribution in [0.1, 0.15) is 81.0 Å². The van der Waals surface area contributed by atoms with Crippen LogP contribution in [0.15, 0.2) is 188 Å². The topological polar surface area (TPSA) is 155 Å². The molecule has 0 radical (unpaired) electrons. The number of para-hydroxylation sites is 2. The molecule has 12 heteroatoms. The number of benzene rings is 8. The summed E-state index contributed by atoms with van der Waals surface area (Å²) in [6.45, 7) is 11.6. The third-order valence-corrected chi connectivity index (χ3v) is 12.3. The summed E-state index contributed by atoms with van der Waals surface area (Å²) in [7, 11) is 0. The lowest BCUT2D eigenvalue weighted by atomic mass is 9.77. The molecule has 0 aliphatic carbocycles. The first-order chi connectivity index (χ1) is 35.0. The summed E-state index contributed by atoms with van der Waals surface area (Å²) in [4.78, 5) is 41.2. The zero-order valence-electron chi connectivity index (χ0n) is 40.3. The molecule has 0 bridgehead atoms. The molecule has 3 N–H and O–H groups in total. The smallest absolute Gasteiger partial charge is 0.340 e. The number of fused-ring (bicyclic) bond motifs is 6. The van der Waals surface area contributed by atoms with Crippen LogP contribution < -0.4 is 24.0 Å². The summed E-state index contributed by atoms with van der Waals surface area (Å²) < 4.78 is 24.3. The van der Waals surface area contributed by atoms with E-state index in [1.807, 2.05) is 134 Å². The number of carbonyl (C=O) groups excluding carboxylic acids is 2. The Morgan fingerprint density at radius 1 is 0.500 bits per heavy atom. The van der Waals surface area contributed by atoms with Gasteiger partial charge in [-0.3, -0.25) is 4.79 Å². The number of rotatable bonds is 13. The van der Waals surface area contributed by atoms with Crippen LogP contribution >= 0.6 is 0 Å². The minimum atomic E-state index is -1.17. The van der Waals surface area contributed by atoms with Gasteiger partial charge < -0.3 is 44.1 Å². The highest BCUT2D eigenvalue weighted by atomic mass is 16.6. The molecule has 0 saturated heterocycles. The zero-order valence-corrected chi connectivity index (χ0v) is 40.3. The summed E-state index contributed by atoms with van der Waals surface area (Å²) in [5.74, 6) is 2.09. The molecule has 8 aromatic carbocycles. The van der Waals surface area contributed by atoms with E-state index in [1.54, 1.807) is 42.5 Å². The number of carbonyl (C=O) groups is 3. The number of anilines is 2. The quantitative estimate of drug-likeness (QED) is 0.0744. The second-order valence-electron chi connectivity index (χ2n) is 16.6. The summed E-state index contributed by atoms with van der Waals surface area (Å²) >= 11 is 0. The van der Waals surface area contributed by atoms with Gasteiger partial charge in [0, 0.05) is 84.1 Å². The number of hydrogen-bond donors (Lipinski definition) is 3. The fraction of sp³-hybridized carbons (Fsp3) is 0.150. The highest BCUT2D eigenvalue weighted by Gasteiger charge is 2.53. The predicted octanol–water partition coefficient (Wildman–Crippen LogP) is 13.2. The molecule has 0 saturated carbocycles. The van der Waals surface area contributed by atoms with Gasteiger partial charge in [-0.05, 0) is 113 Å². The molecule has 72 heavy (non-hydrogen) atoms. The maximum atomic E-state index is 13.0. The van der Waals surface area contributed by atoms with E-state index in [0.29, 0.717) is 28.6 Å². The van der Waals surface area contributed by atoms with Crippen molar-refractivity contribution in [3.63, 3.8) is 0 Å². The fourth-order valence-corrected chi connectivity index (χ4v) is 8.80. The maximum Gasteiger partial charge on any atom is 0.340 e. The van der Waals surface area contributed by atoms with Crippen molar-refractivity contribution in [1.29, 1.82) is 0 Å². The van der Waals surface area contributed by atoms with Crippen LogP contribution in [0, 0.1) is 0 Å². The third-order valence-electron chi connectivity index (χ3n) is 12.3. The van der Waals surface area contributed by atoms with E-state index in [4.69, 9.17) is 18.9 Å². The van der Waals surface area contributed by atoms with Crippen molar-refractivity contribution in [2.24, 2.45) is 0 Å². The number of phenolic OH excluding ortho intramolecular Hbond substituents is 2. The molecule has 1 unspecified atom stereocenters. The molecule has 10 rings (SSSR count). The maximum absolute atomic E-state index is 13.0. The van der Waals surface area contributed by atoms with Crippen molar-refractivity contribution in [2.75, 3.05) is 36.0 Å². The van der Waals surface area contributed by atoms with Crippen LogP contribution in [0.2, 0.25) is 0 Å². The van der Waals surface area contributed by atoms with Gasteiger partial charge >= 0.3 is 11.9 Å². The van der Waals surface area contributed by atoms with Crippen LogP contribution in [0.4, 0.5) is 11.4 Å². The molecular weight excluding hydrogens is 909 g/mol. The van der Waals surface area contributed by atoms with E-state index in [2.05, 4.69) is 24.8 Å². The number of carboxylic acid groups (broad SMARTS) is 1. The monoisotopic (exact) mass is 962 g/mol. The number of phenols is 2. The number of esters is 1. The zero-order chi connectivity index (χ0) is 50.8. The number of hydrogen-bond acceptors (Lipinski definition) is 11. The van der Waals surface area contributed by atoms with Gasteiger partial charge in [0.15, 0.2) is 11.4 Å². The first-order valence-corrected chi connectivity index (χ1v) is 23.7. The van der Waals surface area contributed by atoms with E-state index in [1.165, 1.54) is 24.3 Å². The Bertz CT molecular complexity index is 3210. The highest BCUT2D eigenvalue weighted by molar-refractivity contribution is 6.15. The van der Waals surface area contributed by atoms with Crippen molar-refractivity contribution < 1.29 is 48.7 Å². The van der Waals surface area contributed by atoms with Crippen molar-refractivity contribution in [2.45, 2.75) is 33.3 Å². The summed E-state index contributed by atoms with van der Waals surface area (Å²) in [5.41, 5.74) is 3.86. The van der Waals surface area contributed by atoms with Crippen LogP contribution in [0.5, 0.6) is 46.0 Å². The molecular formula is C60H54N2O10. The number of aromatic carboxylic acids is 1. The number of nitrogens with zero attached hydrogens (tertiary/aromatic N) is 2. The Morgan fingerprint density at radius 3 is 1.61 bits per heavy atom. The highest BCUT2D eigenvalue weighted by Crippen LogP contribution is 2.57. The average Bonchev–Trinajstić information content (AvgIpc) is 3.69. The molecule has 1 spiro atoms. The Labute approximate surface area is 418 Å². The molecule has 8 aromatic rings. The lowest BCUT2D eigenvalue weighted by Gasteiger charge is -2.37. The van der Waals surface area contributed by atoms with Gasteiger partial charge in [-0.2, -0.15) is 0 Å². The minimum Gasteiger partial charge on any atom is -0.508 e. The first-order valence-electron chi connectivity index (χ1n) is 23.7. The second kappa shape index (κ2) is 22.2. The molecule has 2 aliphatic rings. The van der Waals surface area contributed by atoms with Crippen molar-refractivity contribution in [1.82, 2.24) is 0 Å². The predicted molar refractivity (Wildman–Crippen MR) is 278 cm³/mol. The standard InChI is InChI=1S/C30H25NO4.C18H19NO4.C12H10O2/c1-3-31(4-2)20-14-16-25-27(18-20)34-28-19-22(33-21-10-6-5-7-11-21)15-17-26(28)30(25)24-13-9-8-12-23(24)29(32)35-30;1-3-19(4-2)12-9-10-15(16(20)11-12)17(21)13-7-5-6-8-14(13)18(22)23;13-10-5-4-8-12(9-10)14-11-6-2-1-3-7-11/h5-19H,3-4H2,1-2H3;5-11,20H,3-4H2,1-2H3,(H,22,23);1-9,13H. The molecule has 0 fully saturated rings. The molecule has 364 valence electrons. The molecule has 0 aromatic heterocycles. The first kappa shape index (κ1) is 49.4. The molecule has 0 amide bonds. The number of ether oxygens (including phenoxy) is 4. The number of aromatic hydroxyl groups is 2. The largest absolute Gasteiger partial charge is 0.508 e. The molecule has 12 nitrogen and oxygen atoms in total. The van der Waals surface area contributed by atoms with Gasteiger partial charge in [0.25, 0.3) is 0 Å². The van der Waals surface area contributed by atoms with Gasteiger partial charge in [-0.15, -0.1) is 0 Å². The van der Waals surface area contributed by atoms with Crippen LogP contribution in [0.3, 0.4) is 0 Å². The number of ketones is 1. The normalized spacial score (nSPS) is 13.5. The Hall–Kier alpha value is -9.03. The molecule has 1 atom stereocenters. The lowest BCUT2D eigenvalue weighted by Crippen LogP contribution is -2.33. The van der Waals surface area contributed by atoms with Crippen molar-refractivity contribution >= 4 is 29.1 Å². The van der Waals surface area contributed by atoms with E-state index >= 15 is 0 Å². The van der Waals surface area contributed by atoms with Gasteiger partial charge in [0.05, 0.1) is 16.7 Å². The molecule has 2 aliphatic heterocycles. The number of carboxylic acids is 1. The van der Waals surface area contributed by atoms with Gasteiger partial charge in [0.1, 0.15) is 46.0 Å². The van der Waals surface area contributed by atoms with E-state index in [-0.39, 0.29) is 34.2 Å². The van der Waals surface area contributed by atoms with Gasteiger partial charge in [-0.25, -0.2) is 9.59 Å². The third kappa shape index (κ3) is 10.4. The summed E-state index contributed by atoms with van der Waals surface area (Å²) in [6, 6.07) is 56.0. The molecule has 2 heterocycles. The van der Waals surface area contributed by atoms with E-state index in [0.717, 1.165) is 65.7 Å². The van der Waals surface area contributed by atoms with E-state index < -0.39 is 17.4 Å². The fourth-order valence-electron chi connectivity index (χ4n) is 8.80. The Morgan fingerprint density at radius 2 is 1.01 bits per heavy atom. The van der Waals surface area contributed by atoms with Gasteiger partial charge in [-0.1, -0.05) is 78.9 Å². The minimum absolute atomic E-state index is 0.0610. The van der Waals surface area contributed by atoms with Gasteiger partial charge in [0.2, 0.25) is 0 Å². The summed E-state index contributed by atoms with van der Waals surface area (Å²) in [6.07, 6.45) is 0. The average molecular weight is 963 g/mol. The van der Waals surface area contributed by atoms with Crippen molar-refractivity contribution in [3.05, 3.63) is 227 Å². The Balaban J connectivity index is 0.000000161. The van der Waals surface area contributed by atoms with Crippen LogP contribution in [-0.2, 0) is 10.3 Å². The van der Waals surface area contributed by atoms with Crippen molar-refractivity contribution in [3.8, 4) is 46.0 Å². The second-order valence-corrected chi connectivity index (χ2v) is 16.6. The van der Waals surface area contributed by atoms with E-state index in [9.17, 15) is 29.7 Å². The lowest BCUT2D eigenvalue weighted by molar-refractivity contribution is 0.0224. The van der Waals surface area contributed by atoms with Crippen LogP contribution in [0.25, 0.3) is 0 Å². The van der Waals surface area contributed by atoms with Crippen LogP contribution in [-0.4, -0.2) is 59.2 Å².